The van der Waals surface area contributed by atoms with Gasteiger partial charge in [-0.25, -0.2) is 0 Å². The molecule has 1 aromatic carbocycles. The SMILES string of the molecule is Nc1cc(-c2ccnc(/C=C/c3ccccc3)c2)[nH]c1C1CCNCC1. The molecule has 4 N–H and O–H groups in total. The Balaban J connectivity index is 1.57. The molecule has 26 heavy (non-hydrogen) atoms. The van der Waals surface area contributed by atoms with Crippen LogP contribution in [0.25, 0.3) is 23.4 Å². The van der Waals surface area contributed by atoms with Crippen molar-refractivity contribution in [2.24, 2.45) is 0 Å². The molecule has 132 valence electrons. The molecular weight excluding hydrogens is 320 g/mol. The zero-order chi connectivity index (χ0) is 17.8. The van der Waals surface area contributed by atoms with Crippen LogP contribution in [0, 0.1) is 0 Å². The second-order valence-corrected chi connectivity index (χ2v) is 6.79. The summed E-state index contributed by atoms with van der Waals surface area (Å²) < 4.78 is 0. The summed E-state index contributed by atoms with van der Waals surface area (Å²) in [6, 6.07) is 16.4. The van der Waals surface area contributed by atoms with Crippen LogP contribution in [0.15, 0.2) is 54.7 Å². The first-order valence-electron chi connectivity index (χ1n) is 9.18. The summed E-state index contributed by atoms with van der Waals surface area (Å²) in [6.07, 6.45) is 8.23. The van der Waals surface area contributed by atoms with Crippen LogP contribution >= 0.6 is 0 Å². The van der Waals surface area contributed by atoms with Crippen LogP contribution in [0.3, 0.4) is 0 Å². The van der Waals surface area contributed by atoms with E-state index >= 15 is 0 Å². The zero-order valence-corrected chi connectivity index (χ0v) is 14.8. The van der Waals surface area contributed by atoms with Crippen LogP contribution in [0.1, 0.15) is 35.7 Å². The molecule has 0 amide bonds. The van der Waals surface area contributed by atoms with E-state index in [9.17, 15) is 0 Å². The molecular formula is C22H24N4. The Morgan fingerprint density at radius 1 is 1.00 bits per heavy atom. The maximum Gasteiger partial charge on any atom is 0.0636 e. The summed E-state index contributed by atoms with van der Waals surface area (Å²) in [4.78, 5) is 8.02. The molecule has 2 aromatic heterocycles. The Hall–Kier alpha value is -2.85. The maximum atomic E-state index is 6.30. The molecule has 0 unspecified atom stereocenters. The van der Waals surface area contributed by atoms with Crippen LogP contribution in [0.5, 0.6) is 0 Å². The smallest absolute Gasteiger partial charge is 0.0636 e. The number of nitrogens with two attached hydrogens (primary N) is 1. The number of pyridine rings is 1. The van der Waals surface area contributed by atoms with E-state index in [-0.39, 0.29) is 0 Å². The summed E-state index contributed by atoms with van der Waals surface area (Å²) in [7, 11) is 0. The molecule has 1 aliphatic heterocycles. The van der Waals surface area contributed by atoms with E-state index in [0.717, 1.165) is 54.1 Å². The first kappa shape index (κ1) is 16.6. The number of anilines is 1. The predicted octanol–water partition coefficient (Wildman–Crippen LogP) is 4.30. The van der Waals surface area contributed by atoms with E-state index in [4.69, 9.17) is 5.73 Å². The number of benzene rings is 1. The second kappa shape index (κ2) is 7.58. The first-order chi connectivity index (χ1) is 12.8. The van der Waals surface area contributed by atoms with Gasteiger partial charge in [0, 0.05) is 29.1 Å². The van der Waals surface area contributed by atoms with Crippen molar-refractivity contribution in [3.05, 3.63) is 71.7 Å². The number of nitrogen functional groups attached to an aromatic ring is 1. The fourth-order valence-corrected chi connectivity index (χ4v) is 3.54. The van der Waals surface area contributed by atoms with Gasteiger partial charge in [0.1, 0.15) is 0 Å². The number of piperidine rings is 1. The van der Waals surface area contributed by atoms with E-state index in [0.29, 0.717) is 5.92 Å². The predicted molar refractivity (Wildman–Crippen MR) is 109 cm³/mol. The van der Waals surface area contributed by atoms with Crippen molar-refractivity contribution < 1.29 is 0 Å². The maximum absolute atomic E-state index is 6.30. The van der Waals surface area contributed by atoms with Gasteiger partial charge in [-0.3, -0.25) is 4.98 Å². The second-order valence-electron chi connectivity index (χ2n) is 6.79. The molecule has 4 rings (SSSR count). The third kappa shape index (κ3) is 3.70. The van der Waals surface area contributed by atoms with Crippen molar-refractivity contribution in [1.82, 2.24) is 15.3 Å². The van der Waals surface area contributed by atoms with E-state index in [1.807, 2.05) is 36.5 Å². The number of hydrogen-bond donors (Lipinski definition) is 3. The number of aromatic nitrogens is 2. The number of aromatic amines is 1. The number of rotatable bonds is 4. The molecule has 0 spiro atoms. The molecule has 1 aliphatic rings. The van der Waals surface area contributed by atoms with Crippen molar-refractivity contribution in [1.29, 1.82) is 0 Å². The van der Waals surface area contributed by atoms with E-state index in [1.165, 1.54) is 5.69 Å². The lowest BCUT2D eigenvalue weighted by Gasteiger charge is -2.22. The van der Waals surface area contributed by atoms with Crippen LogP contribution < -0.4 is 11.1 Å². The van der Waals surface area contributed by atoms with E-state index in [2.05, 4.69) is 45.6 Å². The monoisotopic (exact) mass is 344 g/mol. The van der Waals surface area contributed by atoms with Gasteiger partial charge in [0.2, 0.25) is 0 Å². The number of hydrogen-bond acceptors (Lipinski definition) is 3. The van der Waals surface area contributed by atoms with Crippen molar-refractivity contribution in [3.8, 4) is 11.3 Å². The third-order valence-electron chi connectivity index (χ3n) is 4.97. The fraction of sp³-hybridized carbons (Fsp3) is 0.227. The average Bonchev–Trinajstić information content (AvgIpc) is 3.10. The minimum atomic E-state index is 0.518. The quantitative estimate of drug-likeness (QED) is 0.661. The van der Waals surface area contributed by atoms with Gasteiger partial charge in [-0.1, -0.05) is 36.4 Å². The lowest BCUT2D eigenvalue weighted by molar-refractivity contribution is 0.455. The Morgan fingerprint density at radius 2 is 1.81 bits per heavy atom. The average molecular weight is 344 g/mol. The lowest BCUT2D eigenvalue weighted by Crippen LogP contribution is -2.27. The van der Waals surface area contributed by atoms with Gasteiger partial charge in [0.15, 0.2) is 0 Å². The molecule has 0 radical (unpaired) electrons. The van der Waals surface area contributed by atoms with Crippen molar-refractivity contribution in [2.75, 3.05) is 18.8 Å². The summed E-state index contributed by atoms with van der Waals surface area (Å²) in [5.41, 5.74) is 12.6. The first-order valence-corrected chi connectivity index (χ1v) is 9.18. The standard InChI is InChI=1S/C22H24N4/c23-20-15-21(26-22(20)17-8-11-24-12-9-17)18-10-13-25-19(14-18)7-6-16-4-2-1-3-5-16/h1-7,10,13-15,17,24,26H,8-9,11-12,23H2/b7-6+. The highest BCUT2D eigenvalue weighted by Crippen LogP contribution is 2.32. The molecule has 0 bridgehead atoms. The molecule has 1 fully saturated rings. The Morgan fingerprint density at radius 3 is 2.62 bits per heavy atom. The van der Waals surface area contributed by atoms with Crippen LogP contribution in [0.2, 0.25) is 0 Å². The van der Waals surface area contributed by atoms with Gasteiger partial charge in [0.05, 0.1) is 11.4 Å². The fourth-order valence-electron chi connectivity index (χ4n) is 3.54. The molecule has 3 heterocycles. The molecule has 0 aliphatic carbocycles. The normalized spacial score (nSPS) is 15.5. The van der Waals surface area contributed by atoms with Crippen molar-refractivity contribution >= 4 is 17.8 Å². The van der Waals surface area contributed by atoms with Crippen molar-refractivity contribution in [3.63, 3.8) is 0 Å². The Kier molecular flexibility index (Phi) is 4.84. The molecule has 3 aromatic rings. The summed E-state index contributed by atoms with van der Waals surface area (Å²) in [5, 5.41) is 3.41. The van der Waals surface area contributed by atoms with Crippen molar-refractivity contribution in [2.45, 2.75) is 18.8 Å². The van der Waals surface area contributed by atoms with Gasteiger partial charge in [-0.2, -0.15) is 0 Å². The minimum absolute atomic E-state index is 0.518. The Labute approximate surface area is 154 Å². The Bertz CT molecular complexity index is 890. The van der Waals surface area contributed by atoms with Crippen LogP contribution in [-0.2, 0) is 0 Å². The molecule has 4 heteroatoms. The number of nitrogens with zero attached hydrogens (tertiary/aromatic N) is 1. The number of nitrogens with one attached hydrogen (secondary N) is 2. The van der Waals surface area contributed by atoms with Gasteiger partial charge < -0.3 is 16.0 Å². The van der Waals surface area contributed by atoms with E-state index in [1.54, 1.807) is 0 Å². The zero-order valence-electron chi connectivity index (χ0n) is 14.8. The third-order valence-corrected chi connectivity index (χ3v) is 4.97. The summed E-state index contributed by atoms with van der Waals surface area (Å²) in [6.45, 7) is 2.12. The van der Waals surface area contributed by atoms with Gasteiger partial charge in [-0.05, 0) is 55.8 Å². The number of H-pyrrole nitrogens is 1. The lowest BCUT2D eigenvalue weighted by atomic mass is 9.94. The molecule has 1 saturated heterocycles. The summed E-state index contributed by atoms with van der Waals surface area (Å²) in [5.74, 6) is 0.518. The van der Waals surface area contributed by atoms with Crippen LogP contribution in [-0.4, -0.2) is 23.1 Å². The molecule has 0 atom stereocenters. The largest absolute Gasteiger partial charge is 0.397 e. The highest BCUT2D eigenvalue weighted by Gasteiger charge is 2.20. The van der Waals surface area contributed by atoms with Gasteiger partial charge in [0.25, 0.3) is 0 Å². The highest BCUT2D eigenvalue weighted by molar-refractivity contribution is 5.72. The molecule has 0 saturated carbocycles. The summed E-state index contributed by atoms with van der Waals surface area (Å²) >= 11 is 0. The van der Waals surface area contributed by atoms with Gasteiger partial charge >= 0.3 is 0 Å². The van der Waals surface area contributed by atoms with E-state index < -0.39 is 0 Å². The van der Waals surface area contributed by atoms with Crippen LogP contribution in [0.4, 0.5) is 5.69 Å². The highest BCUT2D eigenvalue weighted by atomic mass is 14.9. The minimum Gasteiger partial charge on any atom is -0.397 e. The topological polar surface area (TPSA) is 66.7 Å². The molecule has 4 nitrogen and oxygen atoms in total. The van der Waals surface area contributed by atoms with Gasteiger partial charge in [-0.15, -0.1) is 0 Å².